The molecule has 0 aliphatic heterocycles. The smallest absolute Gasteiger partial charge is 0.0998 e. The third-order valence-electron chi connectivity index (χ3n) is 5.76. The molecule has 1 aliphatic rings. The predicted octanol–water partition coefficient (Wildman–Crippen LogP) is 5.84. The fraction of sp³-hybridized carbons (Fsp3) is 0.250. The topological polar surface area (TPSA) is 49.8 Å². The van der Waals surface area contributed by atoms with Gasteiger partial charge in [0.15, 0.2) is 0 Å². The van der Waals surface area contributed by atoms with E-state index in [4.69, 9.17) is 4.42 Å². The second-order valence-electron chi connectivity index (χ2n) is 7.41. The summed E-state index contributed by atoms with van der Waals surface area (Å²) in [4.78, 5) is 4.58. The number of hydrogen-bond acceptors (Lipinski definition) is 3. The van der Waals surface area contributed by atoms with Gasteiger partial charge in [-0.05, 0) is 42.0 Å². The lowest BCUT2D eigenvalue weighted by atomic mass is 9.72. The summed E-state index contributed by atoms with van der Waals surface area (Å²) >= 11 is 0. The normalized spacial score (nSPS) is 21.7. The quantitative estimate of drug-likeness (QED) is 0.594. The van der Waals surface area contributed by atoms with Crippen LogP contribution >= 0.6 is 0 Å². The predicted molar refractivity (Wildman–Crippen MR) is 107 cm³/mol. The van der Waals surface area contributed by atoms with E-state index < -0.39 is 0 Å². The Morgan fingerprint density at radius 3 is 2.78 bits per heavy atom. The molecule has 0 unspecified atom stereocenters. The van der Waals surface area contributed by atoms with E-state index in [0.29, 0.717) is 23.3 Å². The molecular formula is C24H22N2O. The zero-order chi connectivity index (χ0) is 18.8. The van der Waals surface area contributed by atoms with Crippen LogP contribution in [0.25, 0.3) is 17.2 Å². The maximum absolute atomic E-state index is 9.28. The van der Waals surface area contributed by atoms with E-state index in [1.807, 2.05) is 55.1 Å². The Morgan fingerprint density at radius 1 is 1.15 bits per heavy atom. The minimum absolute atomic E-state index is 0.350. The van der Waals surface area contributed by atoms with Gasteiger partial charge >= 0.3 is 0 Å². The number of benzene rings is 1. The average Bonchev–Trinajstić information content (AvgIpc) is 3.16. The van der Waals surface area contributed by atoms with Gasteiger partial charge in [0.05, 0.1) is 29.9 Å². The maximum atomic E-state index is 9.28. The van der Waals surface area contributed by atoms with Crippen molar-refractivity contribution in [1.29, 1.82) is 5.26 Å². The van der Waals surface area contributed by atoms with Crippen LogP contribution in [-0.2, 0) is 6.42 Å². The van der Waals surface area contributed by atoms with Crippen molar-refractivity contribution in [2.24, 2.45) is 11.8 Å². The lowest BCUT2D eigenvalue weighted by molar-refractivity contribution is 0.333. The van der Waals surface area contributed by atoms with Gasteiger partial charge in [0.1, 0.15) is 0 Å². The molecule has 3 atom stereocenters. The van der Waals surface area contributed by atoms with E-state index >= 15 is 0 Å². The molecule has 0 saturated carbocycles. The molecule has 0 radical (unpaired) electrons. The molecule has 3 heteroatoms. The van der Waals surface area contributed by atoms with Gasteiger partial charge in [-0.1, -0.05) is 44.2 Å². The number of pyridine rings is 1. The molecule has 2 heterocycles. The molecule has 27 heavy (non-hydrogen) atoms. The molecule has 134 valence electrons. The van der Waals surface area contributed by atoms with Gasteiger partial charge in [-0.3, -0.25) is 4.98 Å². The maximum Gasteiger partial charge on any atom is 0.0998 e. The van der Waals surface area contributed by atoms with Crippen LogP contribution in [0.4, 0.5) is 0 Å². The number of aromatic nitrogens is 1. The van der Waals surface area contributed by atoms with Gasteiger partial charge in [-0.25, -0.2) is 0 Å². The lowest BCUT2D eigenvalue weighted by Crippen LogP contribution is -2.23. The Hall–Kier alpha value is -3.12. The second-order valence-corrected chi connectivity index (χ2v) is 7.41. The first-order chi connectivity index (χ1) is 13.2. The van der Waals surface area contributed by atoms with Crippen molar-refractivity contribution in [3.8, 4) is 17.2 Å². The molecule has 0 saturated heterocycles. The van der Waals surface area contributed by atoms with Crippen LogP contribution in [0.1, 0.15) is 42.1 Å². The monoisotopic (exact) mass is 354 g/mol. The van der Waals surface area contributed by atoms with Crippen molar-refractivity contribution in [2.75, 3.05) is 0 Å². The van der Waals surface area contributed by atoms with Gasteiger partial charge in [-0.15, -0.1) is 0 Å². The fourth-order valence-corrected chi connectivity index (χ4v) is 3.94. The molecule has 0 spiro atoms. The van der Waals surface area contributed by atoms with E-state index in [0.717, 1.165) is 23.2 Å². The minimum Gasteiger partial charge on any atom is -0.472 e. The molecule has 0 amide bonds. The van der Waals surface area contributed by atoms with Crippen molar-refractivity contribution in [3.63, 3.8) is 0 Å². The van der Waals surface area contributed by atoms with Gasteiger partial charge < -0.3 is 4.42 Å². The minimum atomic E-state index is 0.350. The third-order valence-corrected chi connectivity index (χ3v) is 5.76. The number of hydrogen-bond donors (Lipinski definition) is 0. The Balaban J connectivity index is 1.58. The second kappa shape index (κ2) is 7.25. The van der Waals surface area contributed by atoms with E-state index in [1.165, 1.54) is 11.1 Å². The number of furan rings is 1. The van der Waals surface area contributed by atoms with Crippen LogP contribution in [0.3, 0.4) is 0 Å². The molecular weight excluding hydrogens is 332 g/mol. The van der Waals surface area contributed by atoms with Crippen LogP contribution in [0.2, 0.25) is 0 Å². The first-order valence-corrected chi connectivity index (χ1v) is 9.36. The highest BCUT2D eigenvalue weighted by atomic mass is 16.3. The van der Waals surface area contributed by atoms with Crippen LogP contribution < -0.4 is 0 Å². The van der Waals surface area contributed by atoms with Crippen molar-refractivity contribution in [2.45, 2.75) is 26.2 Å². The largest absolute Gasteiger partial charge is 0.472 e. The highest BCUT2D eigenvalue weighted by Crippen LogP contribution is 2.41. The van der Waals surface area contributed by atoms with Crippen molar-refractivity contribution < 1.29 is 4.42 Å². The summed E-state index contributed by atoms with van der Waals surface area (Å²) in [7, 11) is 0. The zero-order valence-electron chi connectivity index (χ0n) is 15.6. The van der Waals surface area contributed by atoms with Gasteiger partial charge in [0.25, 0.3) is 0 Å². The zero-order valence-corrected chi connectivity index (χ0v) is 15.6. The number of nitrogens with zero attached hydrogens (tertiary/aromatic N) is 2. The summed E-state index contributed by atoms with van der Waals surface area (Å²) in [6, 6.07) is 13.9. The standard InChI is InChI=1S/C24H22N2O/c1-16-11-20-14-27-15-24(20)22(17(16)2)10-9-21-8-7-19(13-26-21)23-6-4-3-5-18(23)12-25/h3-10,13-17,22H,11H2,1-2H3/b10-9+/t16-,17+,22-/m0/s1. The van der Waals surface area contributed by atoms with E-state index in [1.54, 1.807) is 0 Å². The van der Waals surface area contributed by atoms with E-state index in [2.05, 4.69) is 37.1 Å². The van der Waals surface area contributed by atoms with Crippen LogP contribution in [0.5, 0.6) is 0 Å². The average molecular weight is 354 g/mol. The Kier molecular flexibility index (Phi) is 4.64. The highest BCUT2D eigenvalue weighted by Gasteiger charge is 2.31. The van der Waals surface area contributed by atoms with Gasteiger partial charge in [0.2, 0.25) is 0 Å². The molecule has 4 rings (SSSR count). The number of fused-ring (bicyclic) bond motifs is 1. The van der Waals surface area contributed by atoms with Gasteiger partial charge in [-0.2, -0.15) is 5.26 Å². The van der Waals surface area contributed by atoms with Crippen molar-refractivity contribution >= 4 is 6.08 Å². The van der Waals surface area contributed by atoms with Crippen LogP contribution in [0, 0.1) is 23.2 Å². The van der Waals surface area contributed by atoms with Gasteiger partial charge in [0, 0.05) is 28.8 Å². The SMILES string of the molecule is C[C@H]1[C@H](/C=C/c2ccc(-c3ccccc3C#N)cn2)c2cocc2C[C@@H]1C. The Morgan fingerprint density at radius 2 is 2.00 bits per heavy atom. The summed E-state index contributed by atoms with van der Waals surface area (Å²) in [6.45, 7) is 4.62. The molecule has 2 aromatic heterocycles. The van der Waals surface area contributed by atoms with Crippen LogP contribution in [-0.4, -0.2) is 4.98 Å². The molecule has 1 aliphatic carbocycles. The number of rotatable bonds is 3. The number of nitriles is 1. The molecule has 3 aromatic rings. The molecule has 0 fully saturated rings. The first kappa shape index (κ1) is 17.3. The Bertz CT molecular complexity index is 1010. The summed E-state index contributed by atoms with van der Waals surface area (Å²) in [6.07, 6.45) is 11.0. The van der Waals surface area contributed by atoms with Crippen molar-refractivity contribution in [1.82, 2.24) is 4.98 Å². The molecule has 3 nitrogen and oxygen atoms in total. The number of allylic oxidation sites excluding steroid dienone is 1. The molecule has 1 aromatic carbocycles. The summed E-state index contributed by atoms with van der Waals surface area (Å²) in [5.41, 5.74) is 6.09. The van der Waals surface area contributed by atoms with Crippen LogP contribution in [0.15, 0.2) is 65.6 Å². The molecule has 0 N–H and O–H groups in total. The summed E-state index contributed by atoms with van der Waals surface area (Å²) < 4.78 is 5.46. The highest BCUT2D eigenvalue weighted by molar-refractivity contribution is 5.70. The molecule has 0 bridgehead atoms. The first-order valence-electron chi connectivity index (χ1n) is 9.36. The van der Waals surface area contributed by atoms with E-state index in [-0.39, 0.29) is 0 Å². The third kappa shape index (κ3) is 3.31. The lowest BCUT2D eigenvalue weighted by Gasteiger charge is -2.32. The fourth-order valence-electron chi connectivity index (χ4n) is 3.94. The summed E-state index contributed by atoms with van der Waals surface area (Å²) in [5.74, 6) is 1.54. The summed E-state index contributed by atoms with van der Waals surface area (Å²) in [5, 5.41) is 9.28. The Labute approximate surface area is 160 Å². The van der Waals surface area contributed by atoms with E-state index in [9.17, 15) is 5.26 Å². The van der Waals surface area contributed by atoms with Crippen molar-refractivity contribution in [3.05, 3.63) is 83.6 Å².